The van der Waals surface area contributed by atoms with Gasteiger partial charge in [0.2, 0.25) is 0 Å². The van der Waals surface area contributed by atoms with E-state index in [4.69, 9.17) is 0 Å². The van der Waals surface area contributed by atoms with Crippen LogP contribution in [-0.4, -0.2) is 62.4 Å². The Morgan fingerprint density at radius 3 is 2.48 bits per heavy atom. The molecule has 2 fully saturated rings. The molecule has 206 valence electrons. The Morgan fingerprint density at radius 2 is 1.77 bits per heavy atom. The van der Waals surface area contributed by atoms with Crippen LogP contribution in [0.1, 0.15) is 65.2 Å². The summed E-state index contributed by atoms with van der Waals surface area (Å²) in [6, 6.07) is 14.9. The second-order valence-corrected chi connectivity index (χ2v) is 11.0. The fourth-order valence-corrected chi connectivity index (χ4v) is 5.95. The van der Waals surface area contributed by atoms with E-state index in [0.717, 1.165) is 24.1 Å². The standard InChI is InChI=1S/C30H28F3N5O2/c1-16-19-4-2-3-5-20(19)23(32)14-37(16)30(40)26-11-27(17-6-7-17)38-29(34-26)12-25(35-38)21-9-8-18(10-22(21)31)36-13-24(33)28(39)15-36/h2-5,8-12,16-17,23-24,28,39H,6-7,13-15H2,1H3/t16-,23+,24-,28-/m1/s1. The van der Waals surface area contributed by atoms with Crippen molar-refractivity contribution in [1.82, 2.24) is 19.5 Å². The quantitative estimate of drug-likeness (QED) is 0.382. The average molecular weight is 548 g/mol. The first-order valence-electron chi connectivity index (χ1n) is 13.6. The second-order valence-electron chi connectivity index (χ2n) is 11.0. The van der Waals surface area contributed by atoms with Crippen molar-refractivity contribution in [3.05, 3.63) is 82.9 Å². The molecule has 0 unspecified atom stereocenters. The van der Waals surface area contributed by atoms with E-state index in [0.29, 0.717) is 22.6 Å². The zero-order valence-corrected chi connectivity index (χ0v) is 21.8. The minimum atomic E-state index is -1.37. The van der Waals surface area contributed by atoms with Crippen molar-refractivity contribution in [3.63, 3.8) is 0 Å². The van der Waals surface area contributed by atoms with Crippen molar-refractivity contribution in [2.45, 2.75) is 50.2 Å². The zero-order valence-electron chi connectivity index (χ0n) is 21.8. The summed E-state index contributed by atoms with van der Waals surface area (Å²) in [4.78, 5) is 21.4. The number of carbonyl (C=O) groups is 1. The molecule has 2 aromatic carbocycles. The summed E-state index contributed by atoms with van der Waals surface area (Å²) in [6.45, 7) is 1.94. The van der Waals surface area contributed by atoms with Gasteiger partial charge in [0.1, 0.15) is 30.0 Å². The zero-order chi connectivity index (χ0) is 27.7. The highest BCUT2D eigenvalue weighted by Crippen LogP contribution is 2.42. The molecule has 0 bridgehead atoms. The summed E-state index contributed by atoms with van der Waals surface area (Å²) in [6.07, 6.45) is -1.85. The second kappa shape index (κ2) is 9.33. The molecule has 40 heavy (non-hydrogen) atoms. The molecule has 1 amide bonds. The molecule has 4 heterocycles. The Kier molecular flexibility index (Phi) is 5.85. The molecule has 7 rings (SSSR count). The summed E-state index contributed by atoms with van der Waals surface area (Å²) in [5.74, 6) is -0.677. The van der Waals surface area contributed by atoms with Gasteiger partial charge in [0.15, 0.2) is 5.65 Å². The molecular weight excluding hydrogens is 519 g/mol. The first kappa shape index (κ1) is 25.1. The van der Waals surface area contributed by atoms with Crippen molar-refractivity contribution < 1.29 is 23.1 Å². The number of fused-ring (bicyclic) bond motifs is 2. The number of rotatable bonds is 4. The lowest BCUT2D eigenvalue weighted by Crippen LogP contribution is -2.40. The fourth-order valence-electron chi connectivity index (χ4n) is 5.95. The molecule has 1 saturated heterocycles. The molecule has 0 spiro atoms. The molecule has 0 radical (unpaired) electrons. The van der Waals surface area contributed by atoms with Crippen LogP contribution in [0.3, 0.4) is 0 Å². The summed E-state index contributed by atoms with van der Waals surface area (Å²) in [7, 11) is 0. The molecule has 7 nitrogen and oxygen atoms in total. The largest absolute Gasteiger partial charge is 0.388 e. The Bertz CT molecular complexity index is 1630. The van der Waals surface area contributed by atoms with Crippen molar-refractivity contribution >= 4 is 17.2 Å². The number of alkyl halides is 2. The van der Waals surface area contributed by atoms with Gasteiger partial charge in [-0.1, -0.05) is 24.3 Å². The monoisotopic (exact) mass is 547 g/mol. The third-order valence-corrected chi connectivity index (χ3v) is 8.35. The number of amides is 1. The van der Waals surface area contributed by atoms with Crippen molar-refractivity contribution in [2.75, 3.05) is 24.5 Å². The van der Waals surface area contributed by atoms with Crippen LogP contribution >= 0.6 is 0 Å². The first-order valence-corrected chi connectivity index (χ1v) is 13.6. The van der Waals surface area contributed by atoms with Crippen LogP contribution in [0.4, 0.5) is 18.9 Å². The number of nitrogens with zero attached hydrogens (tertiary/aromatic N) is 5. The van der Waals surface area contributed by atoms with Gasteiger partial charge in [0.05, 0.1) is 24.8 Å². The van der Waals surface area contributed by atoms with E-state index in [1.807, 2.05) is 19.1 Å². The van der Waals surface area contributed by atoms with Gasteiger partial charge in [0, 0.05) is 35.5 Å². The molecule has 1 N–H and O–H groups in total. The number of benzene rings is 2. The van der Waals surface area contributed by atoms with E-state index in [9.17, 15) is 14.3 Å². The highest BCUT2D eigenvalue weighted by atomic mass is 19.1. The van der Waals surface area contributed by atoms with Gasteiger partial charge in [-0.2, -0.15) is 5.10 Å². The number of aliphatic hydroxyl groups is 1. The van der Waals surface area contributed by atoms with Crippen molar-refractivity contribution in [1.29, 1.82) is 0 Å². The topological polar surface area (TPSA) is 74.0 Å². The van der Waals surface area contributed by atoms with Gasteiger partial charge in [0.25, 0.3) is 5.91 Å². The number of anilines is 1. The third kappa shape index (κ3) is 4.13. The molecule has 1 aliphatic carbocycles. The maximum atomic E-state index is 15.3. The molecule has 4 aromatic rings. The van der Waals surface area contributed by atoms with Crippen LogP contribution in [0.2, 0.25) is 0 Å². The predicted molar refractivity (Wildman–Crippen MR) is 143 cm³/mol. The van der Waals surface area contributed by atoms with Gasteiger partial charge in [-0.25, -0.2) is 22.7 Å². The maximum Gasteiger partial charge on any atom is 0.273 e. The first-order chi connectivity index (χ1) is 19.3. The number of hydrogen-bond donors (Lipinski definition) is 1. The van der Waals surface area contributed by atoms with E-state index in [2.05, 4.69) is 10.1 Å². The number of hydrogen-bond acceptors (Lipinski definition) is 5. The van der Waals surface area contributed by atoms with Gasteiger partial charge >= 0.3 is 0 Å². The van der Waals surface area contributed by atoms with Gasteiger partial charge in [-0.15, -0.1) is 0 Å². The maximum absolute atomic E-state index is 15.3. The fraction of sp³-hybridized carbons (Fsp3) is 0.367. The number of aliphatic hydroxyl groups excluding tert-OH is 1. The van der Waals surface area contributed by atoms with Gasteiger partial charge < -0.3 is 14.9 Å². The van der Waals surface area contributed by atoms with E-state index in [1.165, 1.54) is 11.0 Å². The Hall–Kier alpha value is -3.92. The van der Waals surface area contributed by atoms with Crippen LogP contribution in [0.25, 0.3) is 16.9 Å². The number of halogens is 3. The number of carbonyl (C=O) groups excluding carboxylic acids is 1. The molecule has 2 aromatic heterocycles. The van der Waals surface area contributed by atoms with Crippen LogP contribution in [0.15, 0.2) is 54.6 Å². The summed E-state index contributed by atoms with van der Waals surface area (Å²) in [5, 5.41) is 14.4. The minimum absolute atomic E-state index is 0.00413. The predicted octanol–water partition coefficient (Wildman–Crippen LogP) is 5.16. The van der Waals surface area contributed by atoms with Crippen LogP contribution < -0.4 is 4.90 Å². The molecule has 1 saturated carbocycles. The van der Waals surface area contributed by atoms with Crippen molar-refractivity contribution in [2.24, 2.45) is 0 Å². The molecule has 2 aliphatic heterocycles. The third-order valence-electron chi connectivity index (χ3n) is 8.35. The van der Waals surface area contributed by atoms with Crippen LogP contribution in [0, 0.1) is 5.82 Å². The normalized spacial score (nSPS) is 24.5. The minimum Gasteiger partial charge on any atom is -0.388 e. The number of β-amino-alcohol motifs (C(OH)–C–C–N with tert-alkyl or cyclic N) is 1. The lowest BCUT2D eigenvalue weighted by molar-refractivity contribution is 0.0585. The highest BCUT2D eigenvalue weighted by Gasteiger charge is 2.36. The van der Waals surface area contributed by atoms with E-state index in [1.54, 1.807) is 45.8 Å². The number of aromatic nitrogens is 3. The lowest BCUT2D eigenvalue weighted by atomic mass is 9.92. The summed E-state index contributed by atoms with van der Waals surface area (Å²) in [5.41, 5.74) is 3.93. The Balaban J connectivity index is 1.23. The van der Waals surface area contributed by atoms with Crippen molar-refractivity contribution in [3.8, 4) is 11.3 Å². The average Bonchev–Trinajstić information content (AvgIpc) is 3.62. The molecule has 10 heteroatoms. The van der Waals surface area contributed by atoms with E-state index < -0.39 is 24.3 Å². The Morgan fingerprint density at radius 1 is 1.00 bits per heavy atom. The van der Waals surface area contributed by atoms with Gasteiger partial charge in [-0.3, -0.25) is 4.79 Å². The lowest BCUT2D eigenvalue weighted by Gasteiger charge is -2.36. The highest BCUT2D eigenvalue weighted by molar-refractivity contribution is 5.93. The van der Waals surface area contributed by atoms with E-state index in [-0.39, 0.29) is 48.8 Å². The Labute approximate surface area is 228 Å². The molecule has 4 atom stereocenters. The van der Waals surface area contributed by atoms with Crippen LogP contribution in [-0.2, 0) is 0 Å². The molecule has 3 aliphatic rings. The smallest absolute Gasteiger partial charge is 0.273 e. The SMILES string of the molecule is C[C@@H]1c2ccccc2[C@@H](F)CN1C(=O)c1cc(C2CC2)n2nc(-c3ccc(N4C[C@@H](O)[C@H](F)C4)cc3F)cc2n1. The van der Waals surface area contributed by atoms with Gasteiger partial charge in [-0.05, 0) is 55.2 Å². The molecular formula is C30H28F3N5O2. The van der Waals surface area contributed by atoms with Crippen LogP contribution in [0.5, 0.6) is 0 Å². The van der Waals surface area contributed by atoms with E-state index >= 15 is 8.78 Å². The summed E-state index contributed by atoms with van der Waals surface area (Å²) >= 11 is 0. The summed E-state index contributed by atoms with van der Waals surface area (Å²) < 4.78 is 45.8.